The van der Waals surface area contributed by atoms with Crippen molar-refractivity contribution in [3.63, 3.8) is 0 Å². The molecule has 0 aromatic heterocycles. The van der Waals surface area contributed by atoms with Crippen LogP contribution >= 0.6 is 0 Å². The summed E-state index contributed by atoms with van der Waals surface area (Å²) < 4.78 is 4.55. The Kier molecular flexibility index (Phi) is 5.67. The van der Waals surface area contributed by atoms with Gasteiger partial charge in [0.1, 0.15) is 5.57 Å². The highest BCUT2D eigenvalue weighted by Gasteiger charge is 2.13. The van der Waals surface area contributed by atoms with Crippen LogP contribution in [0.1, 0.15) is 39.0 Å². The number of allylic oxidation sites excluding steroid dienone is 3. The quantitative estimate of drug-likeness (QED) is 0.248. The second-order valence-corrected chi connectivity index (χ2v) is 4.41. The Morgan fingerprint density at radius 3 is 2.35 bits per heavy atom. The molecule has 1 aliphatic rings. The van der Waals surface area contributed by atoms with E-state index in [1.165, 1.54) is 46.1 Å². The summed E-state index contributed by atoms with van der Waals surface area (Å²) in [6, 6.07) is 0. The van der Waals surface area contributed by atoms with Crippen LogP contribution in [0.2, 0.25) is 0 Å². The Balaban J connectivity index is 2.61. The fourth-order valence-corrected chi connectivity index (χ4v) is 2.07. The van der Waals surface area contributed by atoms with E-state index in [-0.39, 0.29) is 11.4 Å². The molecule has 0 spiro atoms. The molecule has 0 atom stereocenters. The number of carbonyl (C=O) groups is 2. The van der Waals surface area contributed by atoms with Crippen molar-refractivity contribution in [2.24, 2.45) is 5.92 Å². The van der Waals surface area contributed by atoms with E-state index in [9.17, 15) is 9.59 Å². The molecule has 94 valence electrons. The summed E-state index contributed by atoms with van der Waals surface area (Å²) in [6.45, 7) is 1.37. The molecule has 1 rings (SSSR count). The van der Waals surface area contributed by atoms with Crippen LogP contribution in [0.4, 0.5) is 0 Å². The fourth-order valence-electron chi connectivity index (χ4n) is 2.07. The molecule has 3 heteroatoms. The molecule has 0 unspecified atom stereocenters. The number of hydrogen-bond acceptors (Lipinski definition) is 3. The summed E-state index contributed by atoms with van der Waals surface area (Å²) in [6.07, 6.45) is 11.7. The van der Waals surface area contributed by atoms with E-state index in [1.54, 1.807) is 6.08 Å². The second kappa shape index (κ2) is 7.05. The van der Waals surface area contributed by atoms with Gasteiger partial charge in [-0.25, -0.2) is 4.79 Å². The summed E-state index contributed by atoms with van der Waals surface area (Å²) in [4.78, 5) is 22.5. The summed E-state index contributed by atoms with van der Waals surface area (Å²) >= 11 is 0. The zero-order valence-corrected chi connectivity index (χ0v) is 10.6. The molecule has 1 fully saturated rings. The minimum Gasteiger partial charge on any atom is -0.465 e. The molecule has 17 heavy (non-hydrogen) atoms. The van der Waals surface area contributed by atoms with Crippen LogP contribution in [0.3, 0.4) is 0 Å². The van der Waals surface area contributed by atoms with E-state index in [1.807, 2.05) is 6.08 Å². The van der Waals surface area contributed by atoms with Crippen molar-refractivity contribution in [3.05, 3.63) is 23.8 Å². The van der Waals surface area contributed by atoms with Crippen molar-refractivity contribution in [2.45, 2.75) is 39.0 Å². The molecule has 1 saturated carbocycles. The Morgan fingerprint density at radius 2 is 1.82 bits per heavy atom. The second-order valence-electron chi connectivity index (χ2n) is 4.41. The average Bonchev–Trinajstić information content (AvgIpc) is 2.34. The lowest BCUT2D eigenvalue weighted by molar-refractivity contribution is -0.137. The van der Waals surface area contributed by atoms with Gasteiger partial charge in [-0.1, -0.05) is 31.4 Å². The Labute approximate surface area is 103 Å². The molecule has 0 aromatic carbocycles. The topological polar surface area (TPSA) is 43.4 Å². The lowest BCUT2D eigenvalue weighted by Gasteiger charge is -2.17. The smallest absolute Gasteiger partial charge is 0.341 e. The number of rotatable bonds is 4. The largest absolute Gasteiger partial charge is 0.465 e. The summed E-state index contributed by atoms with van der Waals surface area (Å²) in [5.74, 6) is -0.234. The van der Waals surface area contributed by atoms with E-state index in [2.05, 4.69) is 10.8 Å². The van der Waals surface area contributed by atoms with Gasteiger partial charge >= 0.3 is 5.97 Å². The van der Waals surface area contributed by atoms with Crippen molar-refractivity contribution >= 4 is 11.8 Å². The minimum absolute atomic E-state index is 0.111. The SMILES string of the molecule is COC(=O)/C(=C/C=C/C1CCCCC1)C(C)=O. The van der Waals surface area contributed by atoms with Gasteiger partial charge in [-0.15, -0.1) is 0 Å². The number of ether oxygens (including phenoxy) is 1. The molecule has 3 nitrogen and oxygen atoms in total. The van der Waals surface area contributed by atoms with Crippen LogP contribution in [0.5, 0.6) is 0 Å². The van der Waals surface area contributed by atoms with Crippen LogP contribution < -0.4 is 0 Å². The number of ketones is 1. The molecule has 0 aromatic rings. The number of carbonyl (C=O) groups excluding carboxylic acids is 2. The standard InChI is InChI=1S/C14H20O3/c1-11(15)13(14(16)17-2)10-6-9-12-7-4-3-5-8-12/h6,9-10,12H,3-5,7-8H2,1-2H3/b9-6+,13-10+. The fraction of sp³-hybridized carbons (Fsp3) is 0.571. The maximum Gasteiger partial charge on any atom is 0.341 e. The predicted octanol–water partition coefficient (Wildman–Crippen LogP) is 2.81. The van der Waals surface area contributed by atoms with E-state index < -0.39 is 5.97 Å². The summed E-state index contributed by atoms with van der Waals surface area (Å²) in [5, 5.41) is 0. The number of methoxy groups -OCH3 is 1. The lowest BCUT2D eigenvalue weighted by atomic mass is 9.89. The number of hydrogen-bond donors (Lipinski definition) is 0. The summed E-state index contributed by atoms with van der Waals surface area (Å²) in [5.41, 5.74) is 0.111. The van der Waals surface area contributed by atoms with Crippen molar-refractivity contribution in [3.8, 4) is 0 Å². The average molecular weight is 236 g/mol. The van der Waals surface area contributed by atoms with Gasteiger partial charge in [0.2, 0.25) is 0 Å². The molecule has 0 bridgehead atoms. The zero-order chi connectivity index (χ0) is 12.7. The van der Waals surface area contributed by atoms with Crippen molar-refractivity contribution in [1.82, 2.24) is 0 Å². The predicted molar refractivity (Wildman–Crippen MR) is 66.5 cm³/mol. The van der Waals surface area contributed by atoms with E-state index in [0.717, 1.165) is 0 Å². The summed E-state index contributed by atoms with van der Waals surface area (Å²) in [7, 11) is 1.28. The van der Waals surface area contributed by atoms with Gasteiger partial charge in [0.15, 0.2) is 5.78 Å². The normalized spacial score (nSPS) is 18.4. The van der Waals surface area contributed by atoms with Crippen LogP contribution in [0, 0.1) is 5.92 Å². The van der Waals surface area contributed by atoms with E-state index in [4.69, 9.17) is 0 Å². The van der Waals surface area contributed by atoms with Gasteiger partial charge in [0, 0.05) is 0 Å². The van der Waals surface area contributed by atoms with Gasteiger partial charge in [-0.2, -0.15) is 0 Å². The molecule has 1 aliphatic carbocycles. The van der Waals surface area contributed by atoms with Gasteiger partial charge in [0.25, 0.3) is 0 Å². The first-order valence-corrected chi connectivity index (χ1v) is 6.13. The lowest BCUT2D eigenvalue weighted by Crippen LogP contribution is -2.11. The first kappa shape index (κ1) is 13.7. The van der Waals surface area contributed by atoms with Gasteiger partial charge in [-0.05, 0) is 31.8 Å². The minimum atomic E-state index is -0.564. The van der Waals surface area contributed by atoms with Gasteiger partial charge < -0.3 is 4.74 Å². The molecule has 0 N–H and O–H groups in total. The molecule has 0 aliphatic heterocycles. The molecule has 0 heterocycles. The first-order chi connectivity index (χ1) is 8.15. The highest BCUT2D eigenvalue weighted by Crippen LogP contribution is 2.24. The molecule has 0 saturated heterocycles. The third-order valence-corrected chi connectivity index (χ3v) is 3.08. The Hall–Kier alpha value is -1.38. The molecule has 0 radical (unpaired) electrons. The first-order valence-electron chi connectivity index (χ1n) is 6.13. The maximum atomic E-state index is 11.3. The van der Waals surface area contributed by atoms with Crippen LogP contribution in [-0.2, 0) is 14.3 Å². The third-order valence-electron chi connectivity index (χ3n) is 3.08. The molecular weight excluding hydrogens is 216 g/mol. The zero-order valence-electron chi connectivity index (χ0n) is 10.6. The van der Waals surface area contributed by atoms with Crippen molar-refractivity contribution in [2.75, 3.05) is 7.11 Å². The molecule has 0 amide bonds. The van der Waals surface area contributed by atoms with Gasteiger partial charge in [0.05, 0.1) is 7.11 Å². The number of Topliss-reactive ketones (excluding diaryl/α,β-unsaturated/α-hetero) is 1. The monoisotopic (exact) mass is 236 g/mol. The Morgan fingerprint density at radius 1 is 1.18 bits per heavy atom. The van der Waals surface area contributed by atoms with Crippen LogP contribution in [-0.4, -0.2) is 18.9 Å². The highest BCUT2D eigenvalue weighted by molar-refractivity contribution is 6.16. The van der Waals surface area contributed by atoms with Crippen LogP contribution in [0.15, 0.2) is 23.8 Å². The molecular formula is C14H20O3. The third kappa shape index (κ3) is 4.55. The maximum absolute atomic E-state index is 11.3. The van der Waals surface area contributed by atoms with E-state index >= 15 is 0 Å². The van der Waals surface area contributed by atoms with E-state index in [0.29, 0.717) is 5.92 Å². The highest BCUT2D eigenvalue weighted by atomic mass is 16.5. The van der Waals surface area contributed by atoms with Crippen molar-refractivity contribution < 1.29 is 14.3 Å². The van der Waals surface area contributed by atoms with Crippen molar-refractivity contribution in [1.29, 1.82) is 0 Å². The van der Waals surface area contributed by atoms with Crippen LogP contribution in [0.25, 0.3) is 0 Å². The Bertz CT molecular complexity index is 333. The van der Waals surface area contributed by atoms with Gasteiger partial charge in [-0.3, -0.25) is 4.79 Å². The number of esters is 1.